The third-order valence-corrected chi connectivity index (χ3v) is 5.48. The number of nitrogens with one attached hydrogen (secondary N) is 2. The number of halogens is 1. The number of aliphatic imine (C=N–C) groups is 1. The van der Waals surface area contributed by atoms with Crippen LogP contribution in [0.2, 0.25) is 0 Å². The first-order valence-corrected chi connectivity index (χ1v) is 11.7. The minimum atomic E-state index is 0. The maximum Gasteiger partial charge on any atom is 0.191 e. The zero-order valence-electron chi connectivity index (χ0n) is 20.2. The van der Waals surface area contributed by atoms with Gasteiger partial charge in [-0.15, -0.1) is 24.0 Å². The van der Waals surface area contributed by atoms with Crippen LogP contribution in [-0.2, 0) is 17.8 Å². The summed E-state index contributed by atoms with van der Waals surface area (Å²) in [4.78, 5) is 9.79. The SMILES string of the molecule is CCNC(=NCc1cccc(CN2CCOCC2)c1)NCCCN(C(C)C)C(C)C.I. The predicted octanol–water partition coefficient (Wildman–Crippen LogP) is 3.70. The van der Waals surface area contributed by atoms with Gasteiger partial charge in [0, 0.05) is 51.4 Å². The van der Waals surface area contributed by atoms with Gasteiger partial charge in [-0.1, -0.05) is 24.3 Å². The van der Waals surface area contributed by atoms with Gasteiger partial charge in [0.15, 0.2) is 5.96 Å². The van der Waals surface area contributed by atoms with Crippen LogP contribution in [0.3, 0.4) is 0 Å². The Morgan fingerprint density at radius 3 is 2.42 bits per heavy atom. The van der Waals surface area contributed by atoms with Crippen molar-refractivity contribution in [3.8, 4) is 0 Å². The fraction of sp³-hybridized carbons (Fsp3) is 0.708. The molecular weight excluding hydrogens is 501 g/mol. The van der Waals surface area contributed by atoms with Gasteiger partial charge in [0.2, 0.25) is 0 Å². The molecule has 0 saturated carbocycles. The molecule has 0 radical (unpaired) electrons. The first-order valence-electron chi connectivity index (χ1n) is 11.7. The average molecular weight is 546 g/mol. The van der Waals surface area contributed by atoms with Crippen molar-refractivity contribution in [2.75, 3.05) is 45.9 Å². The fourth-order valence-electron chi connectivity index (χ4n) is 3.94. The minimum Gasteiger partial charge on any atom is -0.379 e. The fourth-order valence-corrected chi connectivity index (χ4v) is 3.94. The van der Waals surface area contributed by atoms with Crippen LogP contribution in [0.15, 0.2) is 29.3 Å². The molecule has 0 amide bonds. The molecule has 0 atom stereocenters. The molecule has 0 bridgehead atoms. The Bertz CT molecular complexity index is 624. The number of ether oxygens (including phenoxy) is 1. The number of morpholine rings is 1. The highest BCUT2D eigenvalue weighted by atomic mass is 127. The largest absolute Gasteiger partial charge is 0.379 e. The van der Waals surface area contributed by atoms with E-state index >= 15 is 0 Å². The lowest BCUT2D eigenvalue weighted by Crippen LogP contribution is -2.41. The van der Waals surface area contributed by atoms with Crippen molar-refractivity contribution < 1.29 is 4.74 Å². The topological polar surface area (TPSA) is 52.1 Å². The van der Waals surface area contributed by atoms with E-state index in [0.29, 0.717) is 18.6 Å². The molecule has 1 heterocycles. The number of hydrogen-bond donors (Lipinski definition) is 2. The number of rotatable bonds is 11. The van der Waals surface area contributed by atoms with Crippen molar-refractivity contribution in [1.29, 1.82) is 0 Å². The summed E-state index contributed by atoms with van der Waals surface area (Å²) in [5.41, 5.74) is 2.61. The molecule has 2 N–H and O–H groups in total. The van der Waals surface area contributed by atoms with Crippen molar-refractivity contribution in [2.45, 2.75) is 66.2 Å². The molecule has 1 aromatic rings. The van der Waals surface area contributed by atoms with Gasteiger partial charge in [0.1, 0.15) is 0 Å². The highest BCUT2D eigenvalue weighted by Crippen LogP contribution is 2.11. The van der Waals surface area contributed by atoms with E-state index in [9.17, 15) is 0 Å². The standard InChI is InChI=1S/C24H43N5O.HI/c1-6-25-24(26-11-8-12-29(20(2)3)21(4)5)27-18-22-9-7-10-23(17-22)19-28-13-15-30-16-14-28;/h7,9-10,17,20-21H,6,8,11-16,18-19H2,1-5H3,(H2,25,26,27);1H. The lowest BCUT2D eigenvalue weighted by molar-refractivity contribution is 0.0342. The molecule has 31 heavy (non-hydrogen) atoms. The van der Waals surface area contributed by atoms with Crippen molar-refractivity contribution in [2.24, 2.45) is 4.99 Å². The van der Waals surface area contributed by atoms with Crippen LogP contribution in [-0.4, -0.2) is 73.8 Å². The molecule has 178 valence electrons. The quantitative estimate of drug-likeness (QED) is 0.192. The zero-order valence-corrected chi connectivity index (χ0v) is 22.5. The number of guanidine groups is 1. The second kappa shape index (κ2) is 15.8. The summed E-state index contributed by atoms with van der Waals surface area (Å²) in [6.07, 6.45) is 1.11. The van der Waals surface area contributed by atoms with Gasteiger partial charge in [0.25, 0.3) is 0 Å². The Morgan fingerprint density at radius 2 is 1.77 bits per heavy atom. The van der Waals surface area contributed by atoms with E-state index in [1.54, 1.807) is 0 Å². The van der Waals surface area contributed by atoms with Crippen LogP contribution in [0.4, 0.5) is 0 Å². The Labute approximate surface area is 207 Å². The molecule has 6 nitrogen and oxygen atoms in total. The van der Waals surface area contributed by atoms with Crippen molar-refractivity contribution in [3.05, 3.63) is 35.4 Å². The molecule has 1 aromatic carbocycles. The normalized spacial score (nSPS) is 15.4. The Morgan fingerprint density at radius 1 is 1.10 bits per heavy atom. The average Bonchev–Trinajstić information content (AvgIpc) is 2.72. The summed E-state index contributed by atoms with van der Waals surface area (Å²) in [6, 6.07) is 9.97. The molecule has 7 heteroatoms. The summed E-state index contributed by atoms with van der Waals surface area (Å²) in [5.74, 6) is 0.900. The van der Waals surface area contributed by atoms with E-state index in [1.165, 1.54) is 11.1 Å². The van der Waals surface area contributed by atoms with Crippen LogP contribution in [0, 0.1) is 0 Å². The van der Waals surface area contributed by atoms with Gasteiger partial charge < -0.3 is 15.4 Å². The van der Waals surface area contributed by atoms with E-state index in [-0.39, 0.29) is 24.0 Å². The Kier molecular flexibility index (Phi) is 14.4. The highest BCUT2D eigenvalue weighted by molar-refractivity contribution is 14.0. The van der Waals surface area contributed by atoms with Crippen LogP contribution >= 0.6 is 24.0 Å². The van der Waals surface area contributed by atoms with E-state index in [0.717, 1.165) is 64.9 Å². The second-order valence-corrected chi connectivity index (χ2v) is 8.61. The van der Waals surface area contributed by atoms with Gasteiger partial charge in [-0.25, -0.2) is 4.99 Å². The molecule has 2 rings (SSSR count). The summed E-state index contributed by atoms with van der Waals surface area (Å²) in [6.45, 7) is 19.5. The molecule has 1 aliphatic rings. The zero-order chi connectivity index (χ0) is 21.8. The molecule has 1 saturated heterocycles. The van der Waals surface area contributed by atoms with Gasteiger partial charge in [-0.2, -0.15) is 0 Å². The van der Waals surface area contributed by atoms with E-state index in [1.807, 2.05) is 0 Å². The first-order chi connectivity index (χ1) is 14.5. The molecular formula is C24H44IN5O. The number of nitrogens with zero attached hydrogens (tertiary/aromatic N) is 3. The summed E-state index contributed by atoms with van der Waals surface area (Å²) >= 11 is 0. The number of benzene rings is 1. The van der Waals surface area contributed by atoms with E-state index in [4.69, 9.17) is 9.73 Å². The van der Waals surface area contributed by atoms with Crippen LogP contribution in [0.5, 0.6) is 0 Å². The molecule has 0 spiro atoms. The Hall–Kier alpha value is -0.900. The van der Waals surface area contributed by atoms with Crippen LogP contribution in [0.1, 0.15) is 52.2 Å². The van der Waals surface area contributed by atoms with Crippen molar-refractivity contribution >= 4 is 29.9 Å². The maximum absolute atomic E-state index is 5.45. The molecule has 1 fully saturated rings. The van der Waals surface area contributed by atoms with E-state index in [2.05, 4.69) is 79.3 Å². The summed E-state index contributed by atoms with van der Waals surface area (Å²) in [7, 11) is 0. The minimum absolute atomic E-state index is 0. The highest BCUT2D eigenvalue weighted by Gasteiger charge is 2.13. The van der Waals surface area contributed by atoms with Crippen molar-refractivity contribution in [1.82, 2.24) is 20.4 Å². The Balaban J connectivity index is 0.00000480. The first kappa shape index (κ1) is 28.1. The lowest BCUT2D eigenvalue weighted by Gasteiger charge is -2.30. The predicted molar refractivity (Wildman–Crippen MR) is 142 cm³/mol. The van der Waals surface area contributed by atoms with Gasteiger partial charge in [-0.05, 0) is 52.2 Å². The summed E-state index contributed by atoms with van der Waals surface area (Å²) in [5, 5.41) is 6.86. The number of hydrogen-bond acceptors (Lipinski definition) is 4. The molecule has 0 unspecified atom stereocenters. The van der Waals surface area contributed by atoms with Gasteiger partial charge >= 0.3 is 0 Å². The van der Waals surface area contributed by atoms with Gasteiger partial charge in [0.05, 0.1) is 19.8 Å². The maximum atomic E-state index is 5.45. The van der Waals surface area contributed by atoms with Crippen molar-refractivity contribution in [3.63, 3.8) is 0 Å². The summed E-state index contributed by atoms with van der Waals surface area (Å²) < 4.78 is 5.45. The van der Waals surface area contributed by atoms with Crippen LogP contribution < -0.4 is 10.6 Å². The monoisotopic (exact) mass is 545 g/mol. The molecule has 1 aliphatic heterocycles. The second-order valence-electron chi connectivity index (χ2n) is 8.61. The third kappa shape index (κ3) is 11.0. The van der Waals surface area contributed by atoms with Crippen LogP contribution in [0.25, 0.3) is 0 Å². The molecule has 0 aromatic heterocycles. The van der Waals surface area contributed by atoms with Gasteiger partial charge in [-0.3, -0.25) is 9.80 Å². The smallest absolute Gasteiger partial charge is 0.191 e. The lowest BCUT2D eigenvalue weighted by atomic mass is 10.1. The third-order valence-electron chi connectivity index (χ3n) is 5.48. The van der Waals surface area contributed by atoms with E-state index < -0.39 is 0 Å². The molecule has 0 aliphatic carbocycles.